The Hall–Kier alpha value is -0.900. The standard InChI is InChI=1S/C16H28N4/c1-11(2)9-20-16(18-10-19-20)8-17-12(3)15-7-13-4-5-14(15)6-13/h10-15,17H,4-9H2,1-3H3. The van der Waals surface area contributed by atoms with Crippen LogP contribution in [0.25, 0.3) is 0 Å². The molecule has 1 heterocycles. The number of aromatic nitrogens is 3. The van der Waals surface area contributed by atoms with Gasteiger partial charge in [0.1, 0.15) is 12.2 Å². The van der Waals surface area contributed by atoms with Crippen molar-refractivity contribution in [3.05, 3.63) is 12.2 Å². The summed E-state index contributed by atoms with van der Waals surface area (Å²) in [5, 5.41) is 8.04. The Morgan fingerprint density at radius 1 is 1.30 bits per heavy atom. The molecule has 0 spiro atoms. The summed E-state index contributed by atoms with van der Waals surface area (Å²) < 4.78 is 2.05. The molecule has 2 aliphatic rings. The zero-order chi connectivity index (χ0) is 14.1. The third-order valence-corrected chi connectivity index (χ3v) is 5.25. The van der Waals surface area contributed by atoms with Crippen molar-refractivity contribution < 1.29 is 0 Å². The van der Waals surface area contributed by atoms with E-state index >= 15 is 0 Å². The van der Waals surface area contributed by atoms with Crippen LogP contribution in [-0.4, -0.2) is 20.8 Å². The average Bonchev–Trinajstić information content (AvgIpc) is 3.11. The molecule has 112 valence electrons. The lowest BCUT2D eigenvalue weighted by molar-refractivity contribution is 0.257. The van der Waals surface area contributed by atoms with E-state index in [9.17, 15) is 0 Å². The van der Waals surface area contributed by atoms with Crippen LogP contribution >= 0.6 is 0 Å². The van der Waals surface area contributed by atoms with Gasteiger partial charge in [-0.3, -0.25) is 0 Å². The monoisotopic (exact) mass is 276 g/mol. The SMILES string of the molecule is CC(C)Cn1ncnc1CNC(C)C1CC2CCC1C2. The first kappa shape index (κ1) is 14.1. The third-order valence-electron chi connectivity index (χ3n) is 5.25. The topological polar surface area (TPSA) is 42.7 Å². The highest BCUT2D eigenvalue weighted by molar-refractivity contribution is 4.95. The van der Waals surface area contributed by atoms with Gasteiger partial charge in [-0.15, -0.1) is 0 Å². The minimum atomic E-state index is 0.606. The summed E-state index contributed by atoms with van der Waals surface area (Å²) in [6.07, 6.45) is 7.56. The summed E-state index contributed by atoms with van der Waals surface area (Å²) in [5.41, 5.74) is 0. The predicted octanol–water partition coefficient (Wildman–Crippen LogP) is 2.85. The van der Waals surface area contributed by atoms with Crippen LogP contribution in [0.2, 0.25) is 0 Å². The molecule has 2 fully saturated rings. The zero-order valence-corrected chi connectivity index (χ0v) is 13.0. The number of hydrogen-bond acceptors (Lipinski definition) is 3. The zero-order valence-electron chi connectivity index (χ0n) is 13.0. The van der Waals surface area contributed by atoms with Gasteiger partial charge in [0.25, 0.3) is 0 Å². The Kier molecular flexibility index (Phi) is 4.11. The fraction of sp³-hybridized carbons (Fsp3) is 0.875. The molecule has 4 unspecified atom stereocenters. The van der Waals surface area contributed by atoms with Crippen molar-refractivity contribution in [1.29, 1.82) is 0 Å². The Morgan fingerprint density at radius 3 is 2.80 bits per heavy atom. The van der Waals surface area contributed by atoms with Crippen molar-refractivity contribution in [1.82, 2.24) is 20.1 Å². The van der Waals surface area contributed by atoms with Gasteiger partial charge in [-0.2, -0.15) is 5.10 Å². The van der Waals surface area contributed by atoms with Gasteiger partial charge in [-0.1, -0.05) is 20.3 Å². The molecule has 4 nitrogen and oxygen atoms in total. The van der Waals surface area contributed by atoms with Crippen molar-refractivity contribution in [2.24, 2.45) is 23.7 Å². The van der Waals surface area contributed by atoms with Gasteiger partial charge in [-0.25, -0.2) is 9.67 Å². The smallest absolute Gasteiger partial charge is 0.140 e. The second kappa shape index (κ2) is 5.84. The van der Waals surface area contributed by atoms with Gasteiger partial charge in [0.05, 0.1) is 6.54 Å². The van der Waals surface area contributed by atoms with E-state index in [1.54, 1.807) is 6.33 Å². The highest BCUT2D eigenvalue weighted by Crippen LogP contribution is 2.49. The van der Waals surface area contributed by atoms with E-state index in [0.717, 1.165) is 36.7 Å². The number of nitrogens with zero attached hydrogens (tertiary/aromatic N) is 3. The van der Waals surface area contributed by atoms with Crippen LogP contribution in [0.15, 0.2) is 6.33 Å². The molecular formula is C16H28N4. The van der Waals surface area contributed by atoms with Crippen LogP contribution in [0.4, 0.5) is 0 Å². The summed E-state index contributed by atoms with van der Waals surface area (Å²) >= 11 is 0. The summed E-state index contributed by atoms with van der Waals surface area (Å²) in [7, 11) is 0. The minimum absolute atomic E-state index is 0.606. The Bertz CT molecular complexity index is 439. The van der Waals surface area contributed by atoms with Crippen LogP contribution in [0.3, 0.4) is 0 Å². The van der Waals surface area contributed by atoms with Gasteiger partial charge in [0.15, 0.2) is 0 Å². The van der Waals surface area contributed by atoms with Crippen molar-refractivity contribution in [3.8, 4) is 0 Å². The largest absolute Gasteiger partial charge is 0.307 e. The molecule has 4 heteroatoms. The molecule has 0 radical (unpaired) electrons. The van der Waals surface area contributed by atoms with Gasteiger partial charge in [0, 0.05) is 12.6 Å². The quantitative estimate of drug-likeness (QED) is 0.869. The number of nitrogens with one attached hydrogen (secondary N) is 1. The summed E-state index contributed by atoms with van der Waals surface area (Å²) in [5.74, 6) is 4.58. The molecule has 2 aliphatic carbocycles. The normalized spacial score (nSPS) is 30.3. The molecule has 1 aromatic rings. The van der Waals surface area contributed by atoms with Crippen LogP contribution in [-0.2, 0) is 13.1 Å². The first-order valence-electron chi connectivity index (χ1n) is 8.23. The number of fused-ring (bicyclic) bond motifs is 2. The molecule has 0 aliphatic heterocycles. The molecule has 2 saturated carbocycles. The maximum absolute atomic E-state index is 4.41. The van der Waals surface area contributed by atoms with Crippen LogP contribution in [0.5, 0.6) is 0 Å². The second-order valence-electron chi connectivity index (χ2n) is 7.26. The minimum Gasteiger partial charge on any atom is -0.307 e. The maximum Gasteiger partial charge on any atom is 0.140 e. The van der Waals surface area contributed by atoms with E-state index in [1.807, 2.05) is 4.68 Å². The second-order valence-corrected chi connectivity index (χ2v) is 7.26. The van der Waals surface area contributed by atoms with E-state index in [2.05, 4.69) is 36.2 Å². The third kappa shape index (κ3) is 2.90. The fourth-order valence-electron chi connectivity index (χ4n) is 4.23. The van der Waals surface area contributed by atoms with E-state index in [0.29, 0.717) is 12.0 Å². The molecule has 1 aromatic heterocycles. The van der Waals surface area contributed by atoms with Crippen LogP contribution in [0.1, 0.15) is 52.3 Å². The van der Waals surface area contributed by atoms with Crippen LogP contribution in [0, 0.1) is 23.7 Å². The Labute approximate surface area is 122 Å². The molecule has 20 heavy (non-hydrogen) atoms. The number of rotatable bonds is 6. The van der Waals surface area contributed by atoms with E-state index < -0.39 is 0 Å². The maximum atomic E-state index is 4.41. The molecule has 1 N–H and O–H groups in total. The van der Waals surface area contributed by atoms with Crippen LogP contribution < -0.4 is 5.32 Å². The van der Waals surface area contributed by atoms with Crippen molar-refractivity contribution >= 4 is 0 Å². The highest BCUT2D eigenvalue weighted by atomic mass is 15.3. The van der Waals surface area contributed by atoms with Crippen molar-refractivity contribution in [2.75, 3.05) is 0 Å². The van der Waals surface area contributed by atoms with Crippen molar-refractivity contribution in [2.45, 2.75) is 65.6 Å². The van der Waals surface area contributed by atoms with E-state index in [-0.39, 0.29) is 0 Å². The lowest BCUT2D eigenvalue weighted by Crippen LogP contribution is -2.36. The fourth-order valence-corrected chi connectivity index (χ4v) is 4.23. The highest BCUT2D eigenvalue weighted by Gasteiger charge is 2.41. The predicted molar refractivity (Wildman–Crippen MR) is 80.1 cm³/mol. The number of hydrogen-bond donors (Lipinski definition) is 1. The Morgan fingerprint density at radius 2 is 2.15 bits per heavy atom. The average molecular weight is 276 g/mol. The molecule has 3 rings (SSSR count). The Balaban J connectivity index is 1.53. The van der Waals surface area contributed by atoms with Crippen molar-refractivity contribution in [3.63, 3.8) is 0 Å². The lowest BCUT2D eigenvalue weighted by Gasteiger charge is -2.28. The lowest BCUT2D eigenvalue weighted by atomic mass is 9.84. The first-order chi connectivity index (χ1) is 9.63. The summed E-state index contributed by atoms with van der Waals surface area (Å²) in [4.78, 5) is 4.41. The molecule has 4 atom stereocenters. The molecule has 0 amide bonds. The molecular weight excluding hydrogens is 248 g/mol. The van der Waals surface area contributed by atoms with E-state index in [1.165, 1.54) is 25.7 Å². The first-order valence-corrected chi connectivity index (χ1v) is 8.23. The van der Waals surface area contributed by atoms with Gasteiger partial charge >= 0.3 is 0 Å². The van der Waals surface area contributed by atoms with Gasteiger partial charge < -0.3 is 5.32 Å². The summed E-state index contributed by atoms with van der Waals surface area (Å²) in [6.45, 7) is 8.60. The van der Waals surface area contributed by atoms with Gasteiger partial charge in [-0.05, 0) is 49.9 Å². The van der Waals surface area contributed by atoms with Gasteiger partial charge in [0.2, 0.25) is 0 Å². The van der Waals surface area contributed by atoms with E-state index in [4.69, 9.17) is 0 Å². The summed E-state index contributed by atoms with van der Waals surface area (Å²) in [6, 6.07) is 0.606. The molecule has 0 saturated heterocycles. The molecule has 2 bridgehead atoms. The molecule has 0 aromatic carbocycles.